The van der Waals surface area contributed by atoms with Crippen molar-refractivity contribution in [1.29, 1.82) is 0 Å². The predicted octanol–water partition coefficient (Wildman–Crippen LogP) is -0.421. The van der Waals surface area contributed by atoms with Gasteiger partial charge in [0, 0.05) is 6.04 Å². The molecule has 88 valence electrons. The highest BCUT2D eigenvalue weighted by Crippen LogP contribution is 2.33. The number of amides is 1. The number of carboxylic acid groups (broad SMARTS) is 1. The number of terminal acetylenes is 1. The molecule has 0 heterocycles. The SMILES string of the molecule is C#CCNCC(=O)NC(CC(=O)O)C1CC1. The van der Waals surface area contributed by atoms with E-state index < -0.39 is 5.97 Å². The number of rotatable bonds is 7. The Morgan fingerprint density at radius 2 is 2.19 bits per heavy atom. The van der Waals surface area contributed by atoms with Gasteiger partial charge in [-0.15, -0.1) is 6.42 Å². The summed E-state index contributed by atoms with van der Waals surface area (Å²) in [5.41, 5.74) is 0. The van der Waals surface area contributed by atoms with E-state index in [2.05, 4.69) is 16.6 Å². The maximum Gasteiger partial charge on any atom is 0.305 e. The van der Waals surface area contributed by atoms with Crippen molar-refractivity contribution >= 4 is 11.9 Å². The van der Waals surface area contributed by atoms with E-state index in [0.29, 0.717) is 12.5 Å². The summed E-state index contributed by atoms with van der Waals surface area (Å²) in [5.74, 6) is 1.60. The average Bonchev–Trinajstić information content (AvgIpc) is 2.99. The molecular weight excluding hydrogens is 208 g/mol. The first-order valence-electron chi connectivity index (χ1n) is 5.29. The van der Waals surface area contributed by atoms with Crippen LogP contribution in [-0.2, 0) is 9.59 Å². The Morgan fingerprint density at radius 1 is 1.50 bits per heavy atom. The number of hydrogen-bond donors (Lipinski definition) is 3. The molecule has 5 heteroatoms. The highest BCUT2D eigenvalue weighted by molar-refractivity contribution is 5.79. The maximum atomic E-state index is 11.4. The van der Waals surface area contributed by atoms with Gasteiger partial charge in [0.05, 0.1) is 19.5 Å². The van der Waals surface area contributed by atoms with Crippen LogP contribution in [0.3, 0.4) is 0 Å². The van der Waals surface area contributed by atoms with Crippen LogP contribution in [0.5, 0.6) is 0 Å². The third-order valence-electron chi connectivity index (χ3n) is 2.44. The fourth-order valence-corrected chi connectivity index (χ4v) is 1.53. The van der Waals surface area contributed by atoms with Gasteiger partial charge in [-0.25, -0.2) is 0 Å². The molecular formula is C11H16N2O3. The summed E-state index contributed by atoms with van der Waals surface area (Å²) < 4.78 is 0. The molecule has 1 aliphatic carbocycles. The van der Waals surface area contributed by atoms with Crippen LogP contribution in [-0.4, -0.2) is 36.1 Å². The Bertz CT molecular complexity index is 305. The summed E-state index contributed by atoms with van der Waals surface area (Å²) in [6.07, 6.45) is 7.00. The lowest BCUT2D eigenvalue weighted by atomic mass is 10.1. The molecule has 3 N–H and O–H groups in total. The topological polar surface area (TPSA) is 78.4 Å². The van der Waals surface area contributed by atoms with E-state index in [4.69, 9.17) is 11.5 Å². The van der Waals surface area contributed by atoms with Crippen molar-refractivity contribution in [3.8, 4) is 12.3 Å². The Balaban J connectivity index is 2.28. The van der Waals surface area contributed by atoms with Gasteiger partial charge in [0.1, 0.15) is 0 Å². The molecule has 0 spiro atoms. The first kappa shape index (κ1) is 12.5. The van der Waals surface area contributed by atoms with Gasteiger partial charge in [0.2, 0.25) is 5.91 Å². The van der Waals surface area contributed by atoms with Crippen molar-refractivity contribution in [3.05, 3.63) is 0 Å². The summed E-state index contributed by atoms with van der Waals surface area (Å²) in [6.45, 7) is 0.466. The zero-order valence-electron chi connectivity index (χ0n) is 9.03. The van der Waals surface area contributed by atoms with Crippen LogP contribution in [0.15, 0.2) is 0 Å². The minimum absolute atomic E-state index is 0.00839. The van der Waals surface area contributed by atoms with Gasteiger partial charge in [0.25, 0.3) is 0 Å². The number of carboxylic acids is 1. The number of aliphatic carboxylic acids is 1. The van der Waals surface area contributed by atoms with Crippen molar-refractivity contribution < 1.29 is 14.7 Å². The summed E-state index contributed by atoms with van der Waals surface area (Å²) in [6, 6.07) is -0.238. The quantitative estimate of drug-likeness (QED) is 0.405. The van der Waals surface area contributed by atoms with Crippen LogP contribution in [0.4, 0.5) is 0 Å². The third kappa shape index (κ3) is 4.80. The molecule has 1 atom stereocenters. The molecule has 0 radical (unpaired) electrons. The van der Waals surface area contributed by atoms with Crippen molar-refractivity contribution in [2.75, 3.05) is 13.1 Å². The molecule has 0 aliphatic heterocycles. The van der Waals surface area contributed by atoms with Gasteiger partial charge in [-0.1, -0.05) is 5.92 Å². The maximum absolute atomic E-state index is 11.4. The van der Waals surface area contributed by atoms with E-state index in [-0.39, 0.29) is 24.9 Å². The molecule has 16 heavy (non-hydrogen) atoms. The van der Waals surface area contributed by atoms with E-state index in [0.717, 1.165) is 12.8 Å². The minimum atomic E-state index is -0.881. The lowest BCUT2D eigenvalue weighted by molar-refractivity contribution is -0.137. The molecule has 1 saturated carbocycles. The summed E-state index contributed by atoms with van der Waals surface area (Å²) in [4.78, 5) is 22.0. The second-order valence-corrected chi connectivity index (χ2v) is 3.92. The predicted molar refractivity (Wildman–Crippen MR) is 58.6 cm³/mol. The van der Waals surface area contributed by atoms with E-state index >= 15 is 0 Å². The monoisotopic (exact) mass is 224 g/mol. The van der Waals surface area contributed by atoms with E-state index in [1.807, 2.05) is 0 Å². The third-order valence-corrected chi connectivity index (χ3v) is 2.44. The van der Waals surface area contributed by atoms with Crippen molar-refractivity contribution in [1.82, 2.24) is 10.6 Å². The van der Waals surface area contributed by atoms with Gasteiger partial charge in [0.15, 0.2) is 0 Å². The fraction of sp³-hybridized carbons (Fsp3) is 0.636. The van der Waals surface area contributed by atoms with E-state index in [1.165, 1.54) is 0 Å². The molecule has 0 bridgehead atoms. The van der Waals surface area contributed by atoms with Crippen LogP contribution < -0.4 is 10.6 Å². The largest absolute Gasteiger partial charge is 0.481 e. The number of nitrogens with one attached hydrogen (secondary N) is 2. The lowest BCUT2D eigenvalue weighted by Gasteiger charge is -2.16. The lowest BCUT2D eigenvalue weighted by Crippen LogP contribution is -2.42. The van der Waals surface area contributed by atoms with Gasteiger partial charge in [-0.2, -0.15) is 0 Å². The first-order chi connectivity index (χ1) is 7.63. The van der Waals surface area contributed by atoms with Gasteiger partial charge in [-0.3, -0.25) is 14.9 Å². The summed E-state index contributed by atoms with van der Waals surface area (Å²) >= 11 is 0. The first-order valence-corrected chi connectivity index (χ1v) is 5.29. The van der Waals surface area contributed by atoms with Crippen LogP contribution >= 0.6 is 0 Å². The fourth-order valence-electron chi connectivity index (χ4n) is 1.53. The smallest absolute Gasteiger partial charge is 0.305 e. The van der Waals surface area contributed by atoms with Crippen LogP contribution in [0.2, 0.25) is 0 Å². The second kappa shape index (κ2) is 6.13. The normalized spacial score (nSPS) is 16.2. The molecule has 1 unspecified atom stereocenters. The molecule has 1 fully saturated rings. The van der Waals surface area contributed by atoms with Gasteiger partial charge < -0.3 is 10.4 Å². The zero-order chi connectivity index (χ0) is 12.0. The van der Waals surface area contributed by atoms with Crippen molar-refractivity contribution in [2.24, 2.45) is 5.92 Å². The van der Waals surface area contributed by atoms with Crippen molar-refractivity contribution in [2.45, 2.75) is 25.3 Å². The number of hydrogen-bond acceptors (Lipinski definition) is 3. The molecule has 0 aromatic carbocycles. The van der Waals surface area contributed by atoms with Gasteiger partial charge in [-0.05, 0) is 18.8 Å². The summed E-state index contributed by atoms with van der Waals surface area (Å²) in [7, 11) is 0. The van der Waals surface area contributed by atoms with Gasteiger partial charge >= 0.3 is 5.97 Å². The van der Waals surface area contributed by atoms with E-state index in [1.54, 1.807) is 0 Å². The molecule has 0 aromatic rings. The number of carbonyl (C=O) groups excluding carboxylic acids is 1. The summed E-state index contributed by atoms with van der Waals surface area (Å²) in [5, 5.41) is 14.2. The molecule has 1 rings (SSSR count). The van der Waals surface area contributed by atoms with Crippen LogP contribution in [0.1, 0.15) is 19.3 Å². The molecule has 0 aromatic heterocycles. The Kier molecular flexibility index (Phi) is 4.80. The second-order valence-electron chi connectivity index (χ2n) is 3.92. The van der Waals surface area contributed by atoms with Crippen LogP contribution in [0.25, 0.3) is 0 Å². The standard InChI is InChI=1S/C11H16N2O3/c1-2-5-12-7-10(14)13-9(6-11(15)16)8-3-4-8/h1,8-9,12H,3-7H2,(H,13,14)(H,15,16). The Morgan fingerprint density at radius 3 is 2.69 bits per heavy atom. The number of carbonyl (C=O) groups is 2. The average molecular weight is 224 g/mol. The molecule has 1 aliphatic rings. The molecule has 0 saturated heterocycles. The van der Waals surface area contributed by atoms with E-state index in [9.17, 15) is 9.59 Å². The Labute approximate surface area is 94.6 Å². The Hall–Kier alpha value is -1.54. The molecule has 1 amide bonds. The highest BCUT2D eigenvalue weighted by atomic mass is 16.4. The molecule has 5 nitrogen and oxygen atoms in total. The highest BCUT2D eigenvalue weighted by Gasteiger charge is 2.33. The zero-order valence-corrected chi connectivity index (χ0v) is 9.03. The minimum Gasteiger partial charge on any atom is -0.481 e. The van der Waals surface area contributed by atoms with Crippen LogP contribution in [0, 0.1) is 18.3 Å². The van der Waals surface area contributed by atoms with Crippen molar-refractivity contribution in [3.63, 3.8) is 0 Å².